The van der Waals surface area contributed by atoms with Crippen LogP contribution in [0.4, 0.5) is 0 Å². The minimum atomic E-state index is 0.0834. The molecule has 5 nitrogen and oxygen atoms in total. The number of carbonyl (C=O) groups excluding carboxylic acids is 1. The number of hydrogen-bond donors (Lipinski definition) is 1. The van der Waals surface area contributed by atoms with Gasteiger partial charge in [-0.1, -0.05) is 6.07 Å². The molecule has 0 saturated carbocycles. The molecule has 0 radical (unpaired) electrons. The maximum atomic E-state index is 11.9. The molecular formula is C16H23NO4. The first-order chi connectivity index (χ1) is 10.3. The van der Waals surface area contributed by atoms with Crippen molar-refractivity contribution >= 4 is 5.91 Å². The predicted molar refractivity (Wildman–Crippen MR) is 79.7 cm³/mol. The fraction of sp³-hybridized carbons (Fsp3) is 0.562. The van der Waals surface area contributed by atoms with E-state index in [-0.39, 0.29) is 11.8 Å². The van der Waals surface area contributed by atoms with E-state index in [1.807, 2.05) is 31.2 Å². The summed E-state index contributed by atoms with van der Waals surface area (Å²) in [6.45, 7) is 4.89. The fourth-order valence-electron chi connectivity index (χ4n) is 2.27. The zero-order valence-electron chi connectivity index (χ0n) is 12.5. The van der Waals surface area contributed by atoms with Crippen LogP contribution in [0.2, 0.25) is 0 Å². The highest BCUT2D eigenvalue weighted by Crippen LogP contribution is 2.19. The van der Waals surface area contributed by atoms with Gasteiger partial charge in [-0.25, -0.2) is 0 Å². The molecule has 1 fully saturated rings. The monoisotopic (exact) mass is 293 g/mol. The van der Waals surface area contributed by atoms with Crippen LogP contribution in [0.5, 0.6) is 11.5 Å². The van der Waals surface area contributed by atoms with Crippen molar-refractivity contribution in [3.8, 4) is 11.5 Å². The summed E-state index contributed by atoms with van der Waals surface area (Å²) in [7, 11) is 0. The van der Waals surface area contributed by atoms with Crippen LogP contribution >= 0.6 is 0 Å². The van der Waals surface area contributed by atoms with E-state index in [0.717, 1.165) is 24.3 Å². The van der Waals surface area contributed by atoms with Gasteiger partial charge in [-0.05, 0) is 31.9 Å². The van der Waals surface area contributed by atoms with Crippen molar-refractivity contribution in [2.24, 2.45) is 5.92 Å². The first kappa shape index (κ1) is 15.6. The smallest absolute Gasteiger partial charge is 0.223 e. The van der Waals surface area contributed by atoms with Crippen LogP contribution in [0.15, 0.2) is 24.3 Å². The molecule has 1 N–H and O–H groups in total. The standard InChI is InChI=1S/C16H23NO4/c1-2-20-14-4-3-5-15(12-14)21-11-8-17-16(18)13-6-9-19-10-7-13/h3-5,12-13H,2,6-11H2,1H3,(H,17,18). The lowest BCUT2D eigenvalue weighted by Crippen LogP contribution is -2.36. The number of nitrogens with one attached hydrogen (secondary N) is 1. The second-order valence-corrected chi connectivity index (χ2v) is 4.93. The normalized spacial score (nSPS) is 15.5. The van der Waals surface area contributed by atoms with Gasteiger partial charge in [0.05, 0.1) is 13.2 Å². The Balaban J connectivity index is 1.67. The quantitative estimate of drug-likeness (QED) is 0.781. The third-order valence-corrected chi connectivity index (χ3v) is 3.38. The van der Waals surface area contributed by atoms with Gasteiger partial charge >= 0.3 is 0 Å². The van der Waals surface area contributed by atoms with Crippen LogP contribution in [0.1, 0.15) is 19.8 Å². The second-order valence-electron chi connectivity index (χ2n) is 4.93. The summed E-state index contributed by atoms with van der Waals surface area (Å²) in [5, 5.41) is 2.91. The van der Waals surface area contributed by atoms with Crippen molar-refractivity contribution in [2.45, 2.75) is 19.8 Å². The van der Waals surface area contributed by atoms with E-state index in [0.29, 0.717) is 33.0 Å². The Morgan fingerprint density at radius 1 is 1.29 bits per heavy atom. The molecule has 21 heavy (non-hydrogen) atoms. The third kappa shape index (κ3) is 5.27. The highest BCUT2D eigenvalue weighted by Gasteiger charge is 2.20. The Bertz CT molecular complexity index is 444. The average molecular weight is 293 g/mol. The molecule has 5 heteroatoms. The van der Waals surface area contributed by atoms with Gasteiger partial charge in [-0.15, -0.1) is 0 Å². The van der Waals surface area contributed by atoms with Gasteiger partial charge in [-0.2, -0.15) is 0 Å². The fourth-order valence-corrected chi connectivity index (χ4v) is 2.27. The number of carbonyl (C=O) groups is 1. The lowest BCUT2D eigenvalue weighted by molar-refractivity contribution is -0.127. The number of benzene rings is 1. The van der Waals surface area contributed by atoms with E-state index in [2.05, 4.69) is 5.32 Å². The Hall–Kier alpha value is -1.75. The number of ether oxygens (including phenoxy) is 3. The number of rotatable bonds is 7. The van der Waals surface area contributed by atoms with Crippen LogP contribution in [-0.4, -0.2) is 38.9 Å². The SMILES string of the molecule is CCOc1cccc(OCCNC(=O)C2CCOCC2)c1. The molecule has 1 amide bonds. The molecule has 1 saturated heterocycles. The molecule has 1 heterocycles. The number of hydrogen-bond acceptors (Lipinski definition) is 4. The lowest BCUT2D eigenvalue weighted by atomic mass is 9.99. The summed E-state index contributed by atoms with van der Waals surface area (Å²) in [5.74, 6) is 1.73. The van der Waals surface area contributed by atoms with E-state index in [1.165, 1.54) is 0 Å². The average Bonchev–Trinajstić information content (AvgIpc) is 2.53. The van der Waals surface area contributed by atoms with Gasteiger partial charge in [0.25, 0.3) is 0 Å². The van der Waals surface area contributed by atoms with Gasteiger partial charge in [-0.3, -0.25) is 4.79 Å². The van der Waals surface area contributed by atoms with Gasteiger partial charge in [0, 0.05) is 25.2 Å². The first-order valence-corrected chi connectivity index (χ1v) is 7.50. The first-order valence-electron chi connectivity index (χ1n) is 7.50. The highest BCUT2D eigenvalue weighted by atomic mass is 16.5. The van der Waals surface area contributed by atoms with E-state index < -0.39 is 0 Å². The Labute approximate surface area is 125 Å². The summed E-state index contributed by atoms with van der Waals surface area (Å²) in [6.07, 6.45) is 1.62. The molecule has 0 spiro atoms. The van der Waals surface area contributed by atoms with Gasteiger partial charge in [0.2, 0.25) is 5.91 Å². The molecule has 1 aliphatic rings. The van der Waals surface area contributed by atoms with E-state index in [4.69, 9.17) is 14.2 Å². The van der Waals surface area contributed by atoms with Crippen LogP contribution in [0.3, 0.4) is 0 Å². The maximum absolute atomic E-state index is 11.9. The predicted octanol–water partition coefficient (Wildman–Crippen LogP) is 2.01. The van der Waals surface area contributed by atoms with E-state index in [9.17, 15) is 4.79 Å². The Morgan fingerprint density at radius 2 is 2.00 bits per heavy atom. The molecule has 0 atom stereocenters. The minimum Gasteiger partial charge on any atom is -0.494 e. The molecule has 1 aliphatic heterocycles. The van der Waals surface area contributed by atoms with Crippen molar-refractivity contribution in [3.05, 3.63) is 24.3 Å². The minimum absolute atomic E-state index is 0.0834. The van der Waals surface area contributed by atoms with Crippen LogP contribution in [-0.2, 0) is 9.53 Å². The summed E-state index contributed by atoms with van der Waals surface area (Å²) >= 11 is 0. The van der Waals surface area contributed by atoms with Crippen molar-refractivity contribution < 1.29 is 19.0 Å². The summed E-state index contributed by atoms with van der Waals surface area (Å²) in [4.78, 5) is 11.9. The molecule has 0 aliphatic carbocycles. The molecule has 0 aromatic heterocycles. The lowest BCUT2D eigenvalue weighted by Gasteiger charge is -2.21. The highest BCUT2D eigenvalue weighted by molar-refractivity contribution is 5.78. The molecule has 116 valence electrons. The number of amides is 1. The van der Waals surface area contributed by atoms with E-state index in [1.54, 1.807) is 0 Å². The van der Waals surface area contributed by atoms with Gasteiger partial charge < -0.3 is 19.5 Å². The molecule has 1 aromatic rings. The summed E-state index contributed by atoms with van der Waals surface area (Å²) in [6, 6.07) is 7.51. The molecule has 0 bridgehead atoms. The van der Waals surface area contributed by atoms with Crippen molar-refractivity contribution in [2.75, 3.05) is 33.0 Å². The molecule has 2 rings (SSSR count). The van der Waals surface area contributed by atoms with Crippen LogP contribution in [0.25, 0.3) is 0 Å². The van der Waals surface area contributed by atoms with Crippen molar-refractivity contribution in [1.29, 1.82) is 0 Å². The Kier molecular flexibility index (Phi) is 6.34. The maximum Gasteiger partial charge on any atom is 0.223 e. The van der Waals surface area contributed by atoms with Crippen molar-refractivity contribution in [1.82, 2.24) is 5.32 Å². The largest absolute Gasteiger partial charge is 0.494 e. The van der Waals surface area contributed by atoms with Crippen LogP contribution < -0.4 is 14.8 Å². The third-order valence-electron chi connectivity index (χ3n) is 3.38. The second kappa shape index (κ2) is 8.52. The van der Waals surface area contributed by atoms with Crippen molar-refractivity contribution in [3.63, 3.8) is 0 Å². The molecular weight excluding hydrogens is 270 g/mol. The van der Waals surface area contributed by atoms with E-state index >= 15 is 0 Å². The van der Waals surface area contributed by atoms with Gasteiger partial charge in [0.1, 0.15) is 18.1 Å². The molecule has 0 unspecified atom stereocenters. The molecule has 1 aromatic carbocycles. The Morgan fingerprint density at radius 3 is 2.71 bits per heavy atom. The zero-order valence-corrected chi connectivity index (χ0v) is 12.5. The van der Waals surface area contributed by atoms with Crippen LogP contribution in [0, 0.1) is 5.92 Å². The topological polar surface area (TPSA) is 56.8 Å². The zero-order chi connectivity index (χ0) is 14.9. The summed E-state index contributed by atoms with van der Waals surface area (Å²) in [5.41, 5.74) is 0. The van der Waals surface area contributed by atoms with Gasteiger partial charge in [0.15, 0.2) is 0 Å². The summed E-state index contributed by atoms with van der Waals surface area (Å²) < 4.78 is 16.3.